The fraction of sp³-hybridized carbons (Fsp3) is 0.429. The van der Waals surface area contributed by atoms with Gasteiger partial charge in [0.1, 0.15) is 5.75 Å². The van der Waals surface area contributed by atoms with E-state index in [0.717, 1.165) is 4.47 Å². The van der Waals surface area contributed by atoms with Crippen LogP contribution in [0.1, 0.15) is 37.0 Å². The summed E-state index contributed by atoms with van der Waals surface area (Å²) in [6, 6.07) is 5.19. The molecule has 0 heterocycles. The number of ether oxygens (including phenoxy) is 1. The van der Waals surface area contributed by atoms with E-state index in [-0.39, 0.29) is 18.6 Å². The van der Waals surface area contributed by atoms with Gasteiger partial charge in [0.2, 0.25) is 0 Å². The Morgan fingerprint density at radius 1 is 1.32 bits per heavy atom. The number of ketones is 1. The van der Waals surface area contributed by atoms with E-state index in [2.05, 4.69) is 15.9 Å². The van der Waals surface area contributed by atoms with Crippen LogP contribution in [0.3, 0.4) is 0 Å². The minimum Gasteiger partial charge on any atom is -0.496 e. The molecule has 0 aliphatic heterocycles. The average Bonchev–Trinajstić information content (AvgIpc) is 2.26. The number of carboxylic acid groups (broad SMARTS) is 1. The number of rotatable bonds is 6. The van der Waals surface area contributed by atoms with Crippen molar-refractivity contribution < 1.29 is 19.4 Å². The van der Waals surface area contributed by atoms with Crippen LogP contribution in [0.25, 0.3) is 0 Å². The Labute approximate surface area is 120 Å². The van der Waals surface area contributed by atoms with Gasteiger partial charge in [-0.15, -0.1) is 0 Å². The van der Waals surface area contributed by atoms with Crippen molar-refractivity contribution in [2.24, 2.45) is 5.41 Å². The summed E-state index contributed by atoms with van der Waals surface area (Å²) >= 11 is 3.31. The van der Waals surface area contributed by atoms with E-state index in [1.807, 2.05) is 0 Å². The van der Waals surface area contributed by atoms with Crippen LogP contribution in [-0.2, 0) is 4.79 Å². The van der Waals surface area contributed by atoms with Gasteiger partial charge in [-0.1, -0.05) is 29.8 Å². The number of halogens is 1. The summed E-state index contributed by atoms with van der Waals surface area (Å²) in [4.78, 5) is 23.0. The number of benzene rings is 1. The molecule has 1 aromatic carbocycles. The predicted octanol–water partition coefficient (Wildman–Crippen LogP) is 3.53. The third-order valence-corrected chi connectivity index (χ3v) is 3.22. The molecule has 0 saturated carbocycles. The first kappa shape index (κ1) is 15.7. The number of aliphatic carboxylic acids is 1. The SMILES string of the molecule is COc1ccc(Br)cc1C(=O)CC(C)(C)CC(=O)O. The average molecular weight is 329 g/mol. The van der Waals surface area contributed by atoms with Crippen molar-refractivity contribution >= 4 is 27.7 Å². The fourth-order valence-corrected chi connectivity index (χ4v) is 2.26. The Balaban J connectivity index is 2.95. The second-order valence-corrected chi connectivity index (χ2v) is 6.09. The fourth-order valence-electron chi connectivity index (χ4n) is 1.90. The summed E-state index contributed by atoms with van der Waals surface area (Å²) in [6.45, 7) is 3.53. The van der Waals surface area contributed by atoms with Gasteiger partial charge in [-0.25, -0.2) is 0 Å². The van der Waals surface area contributed by atoms with E-state index in [4.69, 9.17) is 9.84 Å². The van der Waals surface area contributed by atoms with E-state index >= 15 is 0 Å². The highest BCUT2D eigenvalue weighted by Gasteiger charge is 2.27. The highest BCUT2D eigenvalue weighted by molar-refractivity contribution is 9.10. The molecule has 0 amide bonds. The molecular formula is C14H17BrO4. The lowest BCUT2D eigenvalue weighted by atomic mass is 9.82. The molecule has 0 radical (unpaired) electrons. The first-order valence-electron chi connectivity index (χ1n) is 5.84. The van der Waals surface area contributed by atoms with Gasteiger partial charge in [-0.05, 0) is 23.6 Å². The van der Waals surface area contributed by atoms with Crippen molar-refractivity contribution in [3.05, 3.63) is 28.2 Å². The summed E-state index contributed by atoms with van der Waals surface area (Å²) in [7, 11) is 1.50. The standard InChI is InChI=1S/C14H17BrO4/c1-14(2,8-13(17)18)7-11(16)10-6-9(15)4-5-12(10)19-3/h4-6H,7-8H2,1-3H3,(H,17,18). The van der Waals surface area contributed by atoms with Crippen molar-refractivity contribution in [2.75, 3.05) is 7.11 Å². The largest absolute Gasteiger partial charge is 0.496 e. The molecule has 4 nitrogen and oxygen atoms in total. The normalized spacial score (nSPS) is 11.2. The molecule has 0 aromatic heterocycles. The number of carbonyl (C=O) groups is 2. The molecule has 1 aromatic rings. The van der Waals surface area contributed by atoms with E-state index in [9.17, 15) is 9.59 Å². The van der Waals surface area contributed by atoms with E-state index in [0.29, 0.717) is 11.3 Å². The molecular weight excluding hydrogens is 312 g/mol. The molecule has 0 fully saturated rings. The lowest BCUT2D eigenvalue weighted by Gasteiger charge is -2.21. The van der Waals surface area contributed by atoms with Crippen molar-refractivity contribution in [1.82, 2.24) is 0 Å². The predicted molar refractivity (Wildman–Crippen MR) is 75.7 cm³/mol. The quantitative estimate of drug-likeness (QED) is 0.811. The summed E-state index contributed by atoms with van der Waals surface area (Å²) < 4.78 is 5.94. The van der Waals surface area contributed by atoms with E-state index < -0.39 is 11.4 Å². The second-order valence-electron chi connectivity index (χ2n) is 5.18. The van der Waals surface area contributed by atoms with Crippen LogP contribution in [0.15, 0.2) is 22.7 Å². The number of carbonyl (C=O) groups excluding carboxylic acids is 1. The van der Waals surface area contributed by atoms with Gasteiger partial charge in [0.25, 0.3) is 0 Å². The van der Waals surface area contributed by atoms with E-state index in [1.54, 1.807) is 32.0 Å². The van der Waals surface area contributed by atoms with Crippen LogP contribution in [0.4, 0.5) is 0 Å². The first-order chi connectivity index (χ1) is 8.75. The summed E-state index contributed by atoms with van der Waals surface area (Å²) in [5.41, 5.74) is -0.119. The van der Waals surface area contributed by atoms with Gasteiger partial charge in [-0.2, -0.15) is 0 Å². The smallest absolute Gasteiger partial charge is 0.303 e. The maximum atomic E-state index is 12.3. The lowest BCUT2D eigenvalue weighted by molar-refractivity contribution is -0.139. The maximum Gasteiger partial charge on any atom is 0.303 e. The Bertz CT molecular complexity index is 494. The zero-order chi connectivity index (χ0) is 14.6. The summed E-state index contributed by atoms with van der Waals surface area (Å²) in [5.74, 6) is -0.525. The zero-order valence-corrected chi connectivity index (χ0v) is 12.8. The Morgan fingerprint density at radius 3 is 2.47 bits per heavy atom. The van der Waals surface area contributed by atoms with Crippen LogP contribution in [0.2, 0.25) is 0 Å². The molecule has 104 valence electrons. The van der Waals surface area contributed by atoms with Gasteiger partial charge < -0.3 is 9.84 Å². The summed E-state index contributed by atoms with van der Waals surface area (Å²) in [6.07, 6.45) is 0.112. The van der Waals surface area contributed by atoms with Crippen LogP contribution in [0, 0.1) is 5.41 Å². The number of methoxy groups -OCH3 is 1. The van der Waals surface area contributed by atoms with Crippen molar-refractivity contribution in [3.8, 4) is 5.75 Å². The molecule has 0 aliphatic carbocycles. The molecule has 1 rings (SSSR count). The molecule has 5 heteroatoms. The van der Waals surface area contributed by atoms with Gasteiger partial charge >= 0.3 is 5.97 Å². The zero-order valence-electron chi connectivity index (χ0n) is 11.2. The van der Waals surface area contributed by atoms with Crippen LogP contribution in [0.5, 0.6) is 5.75 Å². The minimum atomic E-state index is -0.904. The van der Waals surface area contributed by atoms with Crippen LogP contribution < -0.4 is 4.74 Å². The molecule has 0 unspecified atom stereocenters. The monoisotopic (exact) mass is 328 g/mol. The number of hydrogen-bond donors (Lipinski definition) is 1. The van der Waals surface area contributed by atoms with Gasteiger partial charge in [-0.3, -0.25) is 9.59 Å². The molecule has 0 spiro atoms. The second kappa shape index (κ2) is 6.19. The third-order valence-electron chi connectivity index (χ3n) is 2.73. The van der Waals surface area contributed by atoms with Gasteiger partial charge in [0.15, 0.2) is 5.78 Å². The van der Waals surface area contributed by atoms with Gasteiger partial charge in [0.05, 0.1) is 19.1 Å². The molecule has 19 heavy (non-hydrogen) atoms. The van der Waals surface area contributed by atoms with E-state index in [1.165, 1.54) is 7.11 Å². The summed E-state index contributed by atoms with van der Waals surface area (Å²) in [5, 5.41) is 8.83. The highest BCUT2D eigenvalue weighted by atomic mass is 79.9. The van der Waals surface area contributed by atoms with Crippen molar-refractivity contribution in [1.29, 1.82) is 0 Å². The van der Waals surface area contributed by atoms with Crippen molar-refractivity contribution in [3.63, 3.8) is 0 Å². The molecule has 0 bridgehead atoms. The lowest BCUT2D eigenvalue weighted by Crippen LogP contribution is -2.21. The number of carboxylic acids is 1. The first-order valence-corrected chi connectivity index (χ1v) is 6.63. The molecule has 1 N–H and O–H groups in total. The Morgan fingerprint density at radius 2 is 1.95 bits per heavy atom. The van der Waals surface area contributed by atoms with Crippen LogP contribution >= 0.6 is 15.9 Å². The van der Waals surface area contributed by atoms with Gasteiger partial charge in [0, 0.05) is 10.9 Å². The molecule has 0 saturated heterocycles. The third kappa shape index (κ3) is 4.67. The molecule has 0 aliphatic rings. The number of hydrogen-bond acceptors (Lipinski definition) is 3. The van der Waals surface area contributed by atoms with Crippen molar-refractivity contribution in [2.45, 2.75) is 26.7 Å². The highest BCUT2D eigenvalue weighted by Crippen LogP contribution is 2.31. The topological polar surface area (TPSA) is 63.6 Å². The van der Waals surface area contributed by atoms with Crippen LogP contribution in [-0.4, -0.2) is 24.0 Å². The molecule has 0 atom stereocenters. The maximum absolute atomic E-state index is 12.3. The number of Topliss-reactive ketones (excluding diaryl/α,β-unsaturated/α-hetero) is 1. The minimum absolute atomic E-state index is 0.0466. The Hall–Kier alpha value is -1.36. The Kier molecular flexibility index (Phi) is 5.11.